The van der Waals surface area contributed by atoms with Gasteiger partial charge in [-0.3, -0.25) is 9.67 Å². The van der Waals surface area contributed by atoms with Crippen LogP contribution in [0.2, 0.25) is 0 Å². The van der Waals surface area contributed by atoms with E-state index in [9.17, 15) is 0 Å². The van der Waals surface area contributed by atoms with E-state index in [4.69, 9.17) is 4.74 Å². The maximum atomic E-state index is 5.00. The van der Waals surface area contributed by atoms with Crippen LogP contribution in [0.1, 0.15) is 11.1 Å². The second kappa shape index (κ2) is 8.84. The molecule has 1 aromatic heterocycles. The standard InChI is InChI=1S/C16H23N5O/c1-17-16(18-8-9-22-2)19-10-15-11-20-21(13-15)12-14-6-4-3-5-7-14/h3-7,11,13H,8-10,12H2,1-2H3,(H2,17,18,19). The van der Waals surface area contributed by atoms with Crippen molar-refractivity contribution in [3.63, 3.8) is 0 Å². The second-order valence-corrected chi connectivity index (χ2v) is 4.88. The zero-order chi connectivity index (χ0) is 15.6. The van der Waals surface area contributed by atoms with Crippen LogP contribution in [0.25, 0.3) is 0 Å². The van der Waals surface area contributed by atoms with Crippen LogP contribution in [0.15, 0.2) is 47.7 Å². The minimum Gasteiger partial charge on any atom is -0.383 e. The number of aromatic nitrogens is 2. The number of nitrogens with zero attached hydrogens (tertiary/aromatic N) is 3. The molecular formula is C16H23N5O. The maximum Gasteiger partial charge on any atom is 0.191 e. The van der Waals surface area contributed by atoms with Crippen LogP contribution in [0, 0.1) is 0 Å². The summed E-state index contributed by atoms with van der Waals surface area (Å²) >= 11 is 0. The third-order valence-corrected chi connectivity index (χ3v) is 3.16. The Labute approximate surface area is 131 Å². The number of guanidine groups is 1. The molecule has 2 aromatic rings. The highest BCUT2D eigenvalue weighted by atomic mass is 16.5. The Morgan fingerprint density at radius 2 is 2.05 bits per heavy atom. The second-order valence-electron chi connectivity index (χ2n) is 4.88. The Bertz CT molecular complexity index is 579. The highest BCUT2D eigenvalue weighted by molar-refractivity contribution is 5.79. The first-order valence-corrected chi connectivity index (χ1v) is 7.30. The Morgan fingerprint density at radius 3 is 2.77 bits per heavy atom. The molecule has 0 spiro atoms. The number of aliphatic imine (C=N–C) groups is 1. The minimum absolute atomic E-state index is 0.649. The van der Waals surface area contributed by atoms with Crippen molar-refractivity contribution < 1.29 is 4.74 Å². The van der Waals surface area contributed by atoms with Crippen LogP contribution in [0.3, 0.4) is 0 Å². The molecule has 0 aliphatic rings. The molecule has 0 aliphatic carbocycles. The van der Waals surface area contributed by atoms with Gasteiger partial charge in [-0.25, -0.2) is 0 Å². The summed E-state index contributed by atoms with van der Waals surface area (Å²) in [5.41, 5.74) is 2.35. The molecule has 0 aliphatic heterocycles. The monoisotopic (exact) mass is 301 g/mol. The Morgan fingerprint density at radius 1 is 1.23 bits per heavy atom. The van der Waals surface area contributed by atoms with Gasteiger partial charge in [0.15, 0.2) is 5.96 Å². The predicted octanol–water partition coefficient (Wildman–Crippen LogP) is 1.24. The quantitative estimate of drug-likeness (QED) is 0.459. The lowest BCUT2D eigenvalue weighted by Crippen LogP contribution is -2.38. The summed E-state index contributed by atoms with van der Waals surface area (Å²) in [4.78, 5) is 4.16. The summed E-state index contributed by atoms with van der Waals surface area (Å²) in [5, 5.41) is 10.8. The van der Waals surface area contributed by atoms with Crippen molar-refractivity contribution in [1.29, 1.82) is 0 Å². The van der Waals surface area contributed by atoms with Gasteiger partial charge in [0, 0.05) is 39.0 Å². The molecule has 2 N–H and O–H groups in total. The topological polar surface area (TPSA) is 63.5 Å². The molecule has 2 rings (SSSR count). The molecule has 0 unspecified atom stereocenters. The van der Waals surface area contributed by atoms with E-state index in [1.807, 2.05) is 35.3 Å². The van der Waals surface area contributed by atoms with Gasteiger partial charge in [0.1, 0.15) is 0 Å². The van der Waals surface area contributed by atoms with Crippen LogP contribution in [0.4, 0.5) is 0 Å². The number of hydrogen-bond acceptors (Lipinski definition) is 3. The van der Waals surface area contributed by atoms with Crippen molar-refractivity contribution in [2.75, 3.05) is 27.3 Å². The van der Waals surface area contributed by atoms with Gasteiger partial charge >= 0.3 is 0 Å². The first kappa shape index (κ1) is 16.0. The summed E-state index contributed by atoms with van der Waals surface area (Å²) in [6.45, 7) is 2.84. The minimum atomic E-state index is 0.649. The molecule has 0 fully saturated rings. The molecular weight excluding hydrogens is 278 g/mol. The number of nitrogens with one attached hydrogen (secondary N) is 2. The zero-order valence-corrected chi connectivity index (χ0v) is 13.1. The maximum absolute atomic E-state index is 5.00. The first-order chi connectivity index (χ1) is 10.8. The van der Waals surface area contributed by atoms with E-state index in [2.05, 4.69) is 32.9 Å². The van der Waals surface area contributed by atoms with Gasteiger partial charge in [0.25, 0.3) is 0 Å². The Hall–Kier alpha value is -2.34. The van der Waals surface area contributed by atoms with Crippen molar-refractivity contribution >= 4 is 5.96 Å². The Kier molecular flexibility index (Phi) is 6.44. The molecule has 0 saturated carbocycles. The van der Waals surface area contributed by atoms with Crippen LogP contribution in [-0.2, 0) is 17.8 Å². The predicted molar refractivity (Wildman–Crippen MR) is 87.8 cm³/mol. The number of rotatable bonds is 7. The normalized spacial score (nSPS) is 11.5. The highest BCUT2D eigenvalue weighted by Gasteiger charge is 2.01. The van der Waals surface area contributed by atoms with Gasteiger partial charge in [-0.1, -0.05) is 30.3 Å². The van der Waals surface area contributed by atoms with Crippen molar-refractivity contribution in [3.05, 3.63) is 53.9 Å². The molecule has 118 valence electrons. The van der Waals surface area contributed by atoms with Gasteiger partial charge in [-0.05, 0) is 5.56 Å². The molecule has 0 radical (unpaired) electrons. The third kappa shape index (κ3) is 5.21. The van der Waals surface area contributed by atoms with Crippen LogP contribution >= 0.6 is 0 Å². The third-order valence-electron chi connectivity index (χ3n) is 3.16. The number of methoxy groups -OCH3 is 1. The highest BCUT2D eigenvalue weighted by Crippen LogP contribution is 2.03. The number of hydrogen-bond donors (Lipinski definition) is 2. The van der Waals surface area contributed by atoms with E-state index in [1.165, 1.54) is 5.56 Å². The van der Waals surface area contributed by atoms with Gasteiger partial charge in [0.2, 0.25) is 0 Å². The van der Waals surface area contributed by atoms with E-state index in [0.29, 0.717) is 13.2 Å². The molecule has 0 atom stereocenters. The number of benzene rings is 1. The fourth-order valence-corrected chi connectivity index (χ4v) is 2.03. The molecule has 1 aromatic carbocycles. The first-order valence-electron chi connectivity index (χ1n) is 7.30. The number of ether oxygens (including phenoxy) is 1. The summed E-state index contributed by atoms with van der Waals surface area (Å²) in [6.07, 6.45) is 3.92. The van der Waals surface area contributed by atoms with Gasteiger partial charge in [-0.15, -0.1) is 0 Å². The average molecular weight is 301 g/mol. The van der Waals surface area contributed by atoms with Crippen LogP contribution in [0.5, 0.6) is 0 Å². The molecule has 6 heteroatoms. The lowest BCUT2D eigenvalue weighted by molar-refractivity contribution is 0.203. The van der Waals surface area contributed by atoms with Crippen molar-refractivity contribution in [2.45, 2.75) is 13.1 Å². The molecule has 0 bridgehead atoms. The zero-order valence-electron chi connectivity index (χ0n) is 13.1. The fraction of sp³-hybridized carbons (Fsp3) is 0.375. The van der Waals surface area contributed by atoms with Crippen molar-refractivity contribution in [3.8, 4) is 0 Å². The smallest absolute Gasteiger partial charge is 0.191 e. The summed E-state index contributed by atoms with van der Waals surface area (Å²) in [6, 6.07) is 10.3. The van der Waals surface area contributed by atoms with E-state index in [1.54, 1.807) is 14.2 Å². The molecule has 22 heavy (non-hydrogen) atoms. The summed E-state index contributed by atoms with van der Waals surface area (Å²) in [5.74, 6) is 0.757. The average Bonchev–Trinajstić information content (AvgIpc) is 2.99. The summed E-state index contributed by atoms with van der Waals surface area (Å²) < 4.78 is 6.94. The molecule has 0 saturated heterocycles. The van der Waals surface area contributed by atoms with E-state index in [-0.39, 0.29) is 0 Å². The molecule has 0 amide bonds. The van der Waals surface area contributed by atoms with Gasteiger partial charge in [0.05, 0.1) is 19.3 Å². The lowest BCUT2D eigenvalue weighted by Gasteiger charge is -2.10. The van der Waals surface area contributed by atoms with Crippen LogP contribution < -0.4 is 10.6 Å². The van der Waals surface area contributed by atoms with Gasteiger partial charge < -0.3 is 15.4 Å². The Balaban J connectivity index is 1.81. The largest absolute Gasteiger partial charge is 0.383 e. The van der Waals surface area contributed by atoms with E-state index in [0.717, 1.165) is 24.6 Å². The van der Waals surface area contributed by atoms with E-state index >= 15 is 0 Å². The summed E-state index contributed by atoms with van der Waals surface area (Å²) in [7, 11) is 3.43. The van der Waals surface area contributed by atoms with Gasteiger partial charge in [-0.2, -0.15) is 5.10 Å². The van der Waals surface area contributed by atoms with Crippen LogP contribution in [-0.4, -0.2) is 43.0 Å². The molecule has 6 nitrogen and oxygen atoms in total. The fourth-order valence-electron chi connectivity index (χ4n) is 2.03. The molecule has 1 heterocycles. The SMILES string of the molecule is CN=C(NCCOC)NCc1cnn(Cc2ccccc2)c1. The van der Waals surface area contributed by atoms with Crippen molar-refractivity contribution in [1.82, 2.24) is 20.4 Å². The van der Waals surface area contributed by atoms with Crippen molar-refractivity contribution in [2.24, 2.45) is 4.99 Å². The van der Waals surface area contributed by atoms with E-state index < -0.39 is 0 Å². The lowest BCUT2D eigenvalue weighted by atomic mass is 10.2.